The lowest BCUT2D eigenvalue weighted by Crippen LogP contribution is -2.39. The highest BCUT2D eigenvalue weighted by molar-refractivity contribution is 6.31. The summed E-state index contributed by atoms with van der Waals surface area (Å²) >= 11 is 5.55. The van der Waals surface area contributed by atoms with Gasteiger partial charge in [0.1, 0.15) is 6.04 Å². The van der Waals surface area contributed by atoms with E-state index in [0.717, 1.165) is 12.1 Å². The van der Waals surface area contributed by atoms with E-state index in [9.17, 15) is 22.8 Å². The average Bonchev–Trinajstić information content (AvgIpc) is 2.56. The maximum atomic E-state index is 12.9. The number of amides is 2. The Morgan fingerprint density at radius 2 is 1.81 bits per heavy atom. The quantitative estimate of drug-likeness (QED) is 0.781. The second-order valence-corrected chi connectivity index (χ2v) is 6.28. The van der Waals surface area contributed by atoms with Crippen LogP contribution in [0.1, 0.15) is 17.2 Å². The minimum atomic E-state index is -4.64. The van der Waals surface area contributed by atoms with Crippen LogP contribution in [0.15, 0.2) is 48.5 Å². The van der Waals surface area contributed by atoms with Crippen molar-refractivity contribution < 1.29 is 22.8 Å². The third-order valence-electron chi connectivity index (χ3n) is 3.77. The van der Waals surface area contributed by atoms with Crippen LogP contribution in [0.3, 0.4) is 0 Å². The Morgan fingerprint density at radius 1 is 1.19 bits per heavy atom. The first kappa shape index (κ1) is 20.7. The molecule has 0 aliphatic carbocycles. The van der Waals surface area contributed by atoms with Crippen molar-refractivity contribution in [1.82, 2.24) is 4.90 Å². The summed E-state index contributed by atoms with van der Waals surface area (Å²) in [4.78, 5) is 25.4. The van der Waals surface area contributed by atoms with Crippen molar-refractivity contribution in [3.8, 4) is 0 Å². The molecule has 144 valence electrons. The summed E-state index contributed by atoms with van der Waals surface area (Å²) in [6.45, 7) is -0.257. The first-order valence-electron chi connectivity index (χ1n) is 7.80. The highest BCUT2D eigenvalue weighted by atomic mass is 35.5. The molecule has 1 atom stereocenters. The number of nitrogens with one attached hydrogen (secondary N) is 1. The number of nitrogens with zero attached hydrogens (tertiary/aromatic N) is 1. The lowest BCUT2D eigenvalue weighted by molar-refractivity contribution is -0.137. The minimum Gasteiger partial charge on any atom is -0.368 e. The first-order chi connectivity index (χ1) is 12.6. The number of halogens is 4. The van der Waals surface area contributed by atoms with E-state index in [4.69, 9.17) is 17.3 Å². The van der Waals surface area contributed by atoms with Crippen molar-refractivity contribution in [3.63, 3.8) is 0 Å². The Labute approximate surface area is 158 Å². The van der Waals surface area contributed by atoms with Crippen LogP contribution < -0.4 is 11.1 Å². The summed E-state index contributed by atoms with van der Waals surface area (Å²) in [5, 5.41) is 1.90. The third-order valence-corrected chi connectivity index (χ3v) is 4.10. The van der Waals surface area contributed by atoms with Crippen molar-refractivity contribution in [2.45, 2.75) is 12.2 Å². The number of nitrogens with two attached hydrogens (primary N) is 1. The molecular formula is C18H17ClF3N3O2. The molecule has 0 spiro atoms. The maximum Gasteiger partial charge on any atom is 0.417 e. The van der Waals surface area contributed by atoms with Crippen LogP contribution in [-0.2, 0) is 15.8 Å². The summed E-state index contributed by atoms with van der Waals surface area (Å²) in [6, 6.07) is 10.8. The van der Waals surface area contributed by atoms with Gasteiger partial charge in [-0.3, -0.25) is 14.5 Å². The van der Waals surface area contributed by atoms with Crippen LogP contribution in [0.2, 0.25) is 5.02 Å². The highest BCUT2D eigenvalue weighted by Gasteiger charge is 2.33. The van der Waals surface area contributed by atoms with Crippen LogP contribution in [0.4, 0.5) is 18.9 Å². The summed E-state index contributed by atoms with van der Waals surface area (Å²) < 4.78 is 38.7. The van der Waals surface area contributed by atoms with Crippen LogP contribution in [0.25, 0.3) is 0 Å². The zero-order chi connectivity index (χ0) is 20.2. The van der Waals surface area contributed by atoms with E-state index >= 15 is 0 Å². The molecule has 2 aromatic carbocycles. The van der Waals surface area contributed by atoms with Gasteiger partial charge in [0, 0.05) is 5.69 Å². The van der Waals surface area contributed by atoms with Gasteiger partial charge in [0.25, 0.3) is 0 Å². The molecule has 27 heavy (non-hydrogen) atoms. The maximum absolute atomic E-state index is 12.9. The Morgan fingerprint density at radius 3 is 2.37 bits per heavy atom. The number of likely N-dealkylation sites (N-methyl/N-ethyl adjacent to an activating group) is 1. The molecule has 2 aromatic rings. The van der Waals surface area contributed by atoms with Gasteiger partial charge in [0.15, 0.2) is 0 Å². The molecule has 9 heteroatoms. The molecule has 2 amide bonds. The second-order valence-electron chi connectivity index (χ2n) is 5.87. The van der Waals surface area contributed by atoms with Gasteiger partial charge in [0.2, 0.25) is 11.8 Å². The molecule has 0 saturated heterocycles. The summed E-state index contributed by atoms with van der Waals surface area (Å²) in [5.41, 5.74) is 4.93. The average molecular weight is 400 g/mol. The van der Waals surface area contributed by atoms with E-state index in [-0.39, 0.29) is 12.2 Å². The molecule has 0 saturated carbocycles. The molecule has 5 nitrogen and oxygen atoms in total. The van der Waals surface area contributed by atoms with E-state index in [1.54, 1.807) is 30.3 Å². The standard InChI is InChI=1S/C18H17ClF3N3O2/c1-25(16(17(23)27)11-5-3-2-4-6-11)10-15(26)24-12-7-8-14(19)13(9-12)18(20,21)22/h2-9,16H,10H2,1H3,(H2,23,27)(H,24,26). The molecule has 2 rings (SSSR count). The third kappa shape index (κ3) is 5.45. The van der Waals surface area contributed by atoms with Gasteiger partial charge < -0.3 is 11.1 Å². The molecule has 0 fully saturated rings. The summed E-state index contributed by atoms with van der Waals surface area (Å²) in [7, 11) is 1.52. The Kier molecular flexibility index (Phi) is 6.45. The molecule has 0 aliphatic rings. The van der Waals surface area contributed by atoms with Gasteiger partial charge in [-0.1, -0.05) is 41.9 Å². The van der Waals surface area contributed by atoms with Crippen molar-refractivity contribution in [1.29, 1.82) is 0 Å². The Hall–Kier alpha value is -2.58. The fourth-order valence-electron chi connectivity index (χ4n) is 2.61. The minimum absolute atomic E-state index is 0.0551. The number of hydrogen-bond donors (Lipinski definition) is 2. The van der Waals surface area contributed by atoms with Gasteiger partial charge in [-0.25, -0.2) is 0 Å². The molecule has 0 aliphatic heterocycles. The molecule has 3 N–H and O–H groups in total. The zero-order valence-corrected chi connectivity index (χ0v) is 15.0. The van der Waals surface area contributed by atoms with Crippen molar-refractivity contribution >= 4 is 29.1 Å². The van der Waals surface area contributed by atoms with Crippen LogP contribution in [0.5, 0.6) is 0 Å². The van der Waals surface area contributed by atoms with Gasteiger partial charge in [-0.15, -0.1) is 0 Å². The van der Waals surface area contributed by atoms with Crippen LogP contribution in [-0.4, -0.2) is 30.3 Å². The lowest BCUT2D eigenvalue weighted by atomic mass is 10.1. The first-order valence-corrected chi connectivity index (χ1v) is 8.18. The molecule has 0 radical (unpaired) electrons. The highest BCUT2D eigenvalue weighted by Crippen LogP contribution is 2.36. The second kappa shape index (κ2) is 8.41. The van der Waals surface area contributed by atoms with Crippen molar-refractivity contribution in [3.05, 3.63) is 64.7 Å². The fourth-order valence-corrected chi connectivity index (χ4v) is 2.83. The van der Waals surface area contributed by atoms with Gasteiger partial charge in [-0.05, 0) is 30.8 Å². The van der Waals surface area contributed by atoms with Gasteiger partial charge >= 0.3 is 6.18 Å². The predicted octanol–water partition coefficient (Wildman–Crippen LogP) is 3.46. The summed E-state index contributed by atoms with van der Waals surface area (Å²) in [6.07, 6.45) is -4.64. The van der Waals surface area contributed by atoms with Crippen LogP contribution in [0, 0.1) is 0 Å². The smallest absolute Gasteiger partial charge is 0.368 e. The van der Waals surface area contributed by atoms with E-state index in [1.807, 2.05) is 0 Å². The zero-order valence-electron chi connectivity index (χ0n) is 14.3. The van der Waals surface area contributed by atoms with E-state index in [0.29, 0.717) is 5.56 Å². The monoisotopic (exact) mass is 399 g/mol. The molecule has 0 bridgehead atoms. The number of rotatable bonds is 6. The number of alkyl halides is 3. The SMILES string of the molecule is CN(CC(=O)Nc1ccc(Cl)c(C(F)(F)F)c1)C(C(N)=O)c1ccccc1. The Balaban J connectivity index is 2.12. The normalized spacial score (nSPS) is 12.7. The van der Waals surface area contributed by atoms with Crippen molar-refractivity contribution in [2.24, 2.45) is 5.73 Å². The van der Waals surface area contributed by atoms with E-state index in [1.165, 1.54) is 18.0 Å². The topological polar surface area (TPSA) is 75.4 Å². The van der Waals surface area contributed by atoms with E-state index in [2.05, 4.69) is 5.32 Å². The molecule has 1 unspecified atom stereocenters. The van der Waals surface area contributed by atoms with Gasteiger partial charge in [-0.2, -0.15) is 13.2 Å². The van der Waals surface area contributed by atoms with Gasteiger partial charge in [0.05, 0.1) is 17.1 Å². The summed E-state index contributed by atoms with van der Waals surface area (Å²) in [5.74, 6) is -1.25. The molecule has 0 heterocycles. The van der Waals surface area contributed by atoms with Crippen LogP contribution >= 0.6 is 11.6 Å². The largest absolute Gasteiger partial charge is 0.417 e. The fraction of sp³-hybridized carbons (Fsp3) is 0.222. The number of carbonyl (C=O) groups excluding carboxylic acids is 2. The van der Waals surface area contributed by atoms with Crippen molar-refractivity contribution in [2.75, 3.05) is 18.9 Å². The number of benzene rings is 2. The number of hydrogen-bond acceptors (Lipinski definition) is 3. The Bertz CT molecular complexity index is 828. The number of carbonyl (C=O) groups is 2. The molecular weight excluding hydrogens is 383 g/mol. The number of primary amides is 1. The molecule has 0 aromatic heterocycles. The predicted molar refractivity (Wildman–Crippen MR) is 96.1 cm³/mol. The lowest BCUT2D eigenvalue weighted by Gasteiger charge is -2.25. The number of anilines is 1. The van der Waals surface area contributed by atoms with E-state index < -0.39 is 34.6 Å².